The van der Waals surface area contributed by atoms with Gasteiger partial charge in [-0.3, -0.25) is 0 Å². The monoisotopic (exact) mass is 328 g/mol. The zero-order valence-corrected chi connectivity index (χ0v) is 13.9. The zero-order valence-electron chi connectivity index (χ0n) is 12.3. The largest absolute Gasteiger partial charge is 0.493 e. The Bertz CT molecular complexity index is 354. The molecule has 0 spiro atoms. The van der Waals surface area contributed by atoms with Crippen molar-refractivity contribution in [3.63, 3.8) is 0 Å². The molecule has 19 heavy (non-hydrogen) atoms. The van der Waals surface area contributed by atoms with Crippen molar-refractivity contribution in [2.75, 3.05) is 20.3 Å². The molecule has 0 aliphatic rings. The van der Waals surface area contributed by atoms with E-state index in [-0.39, 0.29) is 0 Å². The Morgan fingerprint density at radius 3 is 2.00 bits per heavy atom. The van der Waals surface area contributed by atoms with Crippen molar-refractivity contribution >= 4 is 15.9 Å². The predicted octanol–water partition coefficient (Wildman–Crippen LogP) is 5.04. The molecule has 0 fully saturated rings. The molecule has 0 amide bonds. The van der Waals surface area contributed by atoms with Crippen molar-refractivity contribution in [3.8, 4) is 5.75 Å². The molecule has 0 aliphatic heterocycles. The van der Waals surface area contributed by atoms with Gasteiger partial charge in [-0.15, -0.1) is 0 Å². The molecule has 1 aromatic carbocycles. The Balaban J connectivity index is 2.19. The topological polar surface area (TPSA) is 18.5 Å². The second kappa shape index (κ2) is 9.38. The molecule has 0 saturated carbocycles. The molecular formula is C16H25BrO2. The van der Waals surface area contributed by atoms with Crippen LogP contribution in [0.15, 0.2) is 16.6 Å². The standard InChI is InChI=1S/C16H25BrO2/c1-13-11-15(17)12-14(2)16(13)19-10-8-6-4-5-7-9-18-3/h11-12H,4-10H2,1-3H3. The zero-order chi connectivity index (χ0) is 14.1. The number of hydrogen-bond acceptors (Lipinski definition) is 2. The Hall–Kier alpha value is -0.540. The van der Waals surface area contributed by atoms with Gasteiger partial charge >= 0.3 is 0 Å². The fourth-order valence-electron chi connectivity index (χ4n) is 2.18. The highest BCUT2D eigenvalue weighted by atomic mass is 79.9. The number of rotatable bonds is 9. The van der Waals surface area contributed by atoms with Crippen LogP contribution in [-0.2, 0) is 4.74 Å². The summed E-state index contributed by atoms with van der Waals surface area (Å²) in [7, 11) is 1.76. The second-order valence-electron chi connectivity index (χ2n) is 4.98. The first-order valence-corrected chi connectivity index (χ1v) is 7.83. The van der Waals surface area contributed by atoms with Crippen LogP contribution in [0, 0.1) is 13.8 Å². The van der Waals surface area contributed by atoms with Crippen molar-refractivity contribution in [1.29, 1.82) is 0 Å². The molecule has 1 rings (SSSR count). The maximum atomic E-state index is 5.90. The van der Waals surface area contributed by atoms with E-state index in [2.05, 4.69) is 41.9 Å². The van der Waals surface area contributed by atoms with Crippen LogP contribution in [-0.4, -0.2) is 20.3 Å². The first-order chi connectivity index (χ1) is 9.15. The van der Waals surface area contributed by atoms with Gasteiger partial charge in [-0.25, -0.2) is 0 Å². The molecule has 0 aliphatic carbocycles. The van der Waals surface area contributed by atoms with Crippen molar-refractivity contribution in [3.05, 3.63) is 27.7 Å². The van der Waals surface area contributed by atoms with E-state index in [4.69, 9.17) is 9.47 Å². The summed E-state index contributed by atoms with van der Waals surface area (Å²) in [4.78, 5) is 0. The van der Waals surface area contributed by atoms with Gasteiger partial charge in [0.1, 0.15) is 5.75 Å². The fourth-order valence-corrected chi connectivity index (χ4v) is 2.86. The number of benzene rings is 1. The number of methoxy groups -OCH3 is 1. The first-order valence-electron chi connectivity index (χ1n) is 7.03. The van der Waals surface area contributed by atoms with Gasteiger partial charge in [-0.1, -0.05) is 35.2 Å². The molecule has 0 aromatic heterocycles. The lowest BCUT2D eigenvalue weighted by Gasteiger charge is -2.12. The molecule has 3 heteroatoms. The molecular weight excluding hydrogens is 304 g/mol. The average Bonchev–Trinajstić information content (AvgIpc) is 2.35. The summed E-state index contributed by atoms with van der Waals surface area (Å²) < 4.78 is 12.1. The lowest BCUT2D eigenvalue weighted by Crippen LogP contribution is -2.01. The molecule has 1 aromatic rings. The molecule has 0 heterocycles. The summed E-state index contributed by atoms with van der Waals surface area (Å²) in [5.74, 6) is 1.04. The van der Waals surface area contributed by atoms with Crippen LogP contribution < -0.4 is 4.74 Å². The summed E-state index contributed by atoms with van der Waals surface area (Å²) >= 11 is 3.50. The van der Waals surface area contributed by atoms with Gasteiger partial charge in [0.05, 0.1) is 6.61 Å². The Morgan fingerprint density at radius 1 is 0.895 bits per heavy atom. The SMILES string of the molecule is COCCCCCCCOc1c(C)cc(Br)cc1C. The third-order valence-electron chi connectivity index (χ3n) is 3.16. The van der Waals surface area contributed by atoms with Crippen LogP contribution in [0.25, 0.3) is 0 Å². The number of aryl methyl sites for hydroxylation is 2. The van der Waals surface area contributed by atoms with E-state index in [1.54, 1.807) is 7.11 Å². The predicted molar refractivity (Wildman–Crippen MR) is 84.1 cm³/mol. The summed E-state index contributed by atoms with van der Waals surface area (Å²) in [5.41, 5.74) is 2.40. The average molecular weight is 329 g/mol. The van der Waals surface area contributed by atoms with Gasteiger partial charge in [-0.05, 0) is 49.9 Å². The normalized spacial score (nSPS) is 10.7. The van der Waals surface area contributed by atoms with E-state index in [0.717, 1.165) is 29.9 Å². The van der Waals surface area contributed by atoms with Gasteiger partial charge in [0.15, 0.2) is 0 Å². The van der Waals surface area contributed by atoms with Crippen molar-refractivity contribution in [2.45, 2.75) is 46.0 Å². The maximum Gasteiger partial charge on any atom is 0.125 e. The smallest absolute Gasteiger partial charge is 0.125 e. The van der Waals surface area contributed by atoms with E-state index in [0.29, 0.717) is 0 Å². The highest BCUT2D eigenvalue weighted by Gasteiger charge is 2.05. The fraction of sp³-hybridized carbons (Fsp3) is 0.625. The van der Waals surface area contributed by atoms with E-state index in [1.807, 2.05) is 0 Å². The first kappa shape index (κ1) is 16.5. The molecule has 0 unspecified atom stereocenters. The summed E-state index contributed by atoms with van der Waals surface area (Å²) in [6.07, 6.45) is 6.05. The molecule has 0 N–H and O–H groups in total. The Kier molecular flexibility index (Phi) is 8.15. The van der Waals surface area contributed by atoms with Crippen LogP contribution in [0.4, 0.5) is 0 Å². The quantitative estimate of drug-likeness (QED) is 0.591. The number of halogens is 1. The van der Waals surface area contributed by atoms with Crippen LogP contribution in [0.2, 0.25) is 0 Å². The third-order valence-corrected chi connectivity index (χ3v) is 3.62. The minimum absolute atomic E-state index is 0.813. The second-order valence-corrected chi connectivity index (χ2v) is 5.89. The summed E-state index contributed by atoms with van der Waals surface area (Å²) in [5, 5.41) is 0. The van der Waals surface area contributed by atoms with Crippen LogP contribution in [0.5, 0.6) is 5.75 Å². The molecule has 2 nitrogen and oxygen atoms in total. The number of unbranched alkanes of at least 4 members (excludes halogenated alkanes) is 4. The Morgan fingerprint density at radius 2 is 1.42 bits per heavy atom. The molecule has 0 atom stereocenters. The van der Waals surface area contributed by atoms with E-state index >= 15 is 0 Å². The van der Waals surface area contributed by atoms with Crippen LogP contribution >= 0.6 is 15.9 Å². The van der Waals surface area contributed by atoms with Gasteiger partial charge in [0.25, 0.3) is 0 Å². The van der Waals surface area contributed by atoms with E-state index in [1.165, 1.54) is 36.8 Å². The number of hydrogen-bond donors (Lipinski definition) is 0. The highest BCUT2D eigenvalue weighted by Crippen LogP contribution is 2.27. The highest BCUT2D eigenvalue weighted by molar-refractivity contribution is 9.10. The lowest BCUT2D eigenvalue weighted by molar-refractivity contribution is 0.191. The minimum Gasteiger partial charge on any atom is -0.493 e. The summed E-state index contributed by atoms with van der Waals surface area (Å²) in [6.45, 7) is 5.89. The van der Waals surface area contributed by atoms with Gasteiger partial charge < -0.3 is 9.47 Å². The molecule has 0 saturated heterocycles. The van der Waals surface area contributed by atoms with Crippen molar-refractivity contribution < 1.29 is 9.47 Å². The maximum absolute atomic E-state index is 5.90. The minimum atomic E-state index is 0.813. The Labute approximate surface area is 125 Å². The van der Waals surface area contributed by atoms with Gasteiger partial charge in [0.2, 0.25) is 0 Å². The van der Waals surface area contributed by atoms with Crippen molar-refractivity contribution in [1.82, 2.24) is 0 Å². The molecule has 0 bridgehead atoms. The molecule has 108 valence electrons. The summed E-state index contributed by atoms with van der Waals surface area (Å²) in [6, 6.07) is 4.21. The van der Waals surface area contributed by atoms with Crippen molar-refractivity contribution in [2.24, 2.45) is 0 Å². The molecule has 0 radical (unpaired) electrons. The lowest BCUT2D eigenvalue weighted by atomic mass is 10.1. The third kappa shape index (κ3) is 6.44. The van der Waals surface area contributed by atoms with Gasteiger partial charge in [-0.2, -0.15) is 0 Å². The van der Waals surface area contributed by atoms with E-state index in [9.17, 15) is 0 Å². The number of ether oxygens (including phenoxy) is 2. The van der Waals surface area contributed by atoms with E-state index < -0.39 is 0 Å². The van der Waals surface area contributed by atoms with Gasteiger partial charge in [0, 0.05) is 18.2 Å². The van der Waals surface area contributed by atoms with Crippen LogP contribution in [0.1, 0.15) is 43.2 Å². The van der Waals surface area contributed by atoms with Crippen LogP contribution in [0.3, 0.4) is 0 Å².